The number of nitrogens with zero attached hydrogens (tertiary/aromatic N) is 2. The van der Waals surface area contributed by atoms with E-state index in [2.05, 4.69) is 29.4 Å². The Morgan fingerprint density at radius 3 is 2.58 bits per heavy atom. The molecule has 108 valence electrons. The fourth-order valence-corrected chi connectivity index (χ4v) is 3.33. The molecule has 1 aromatic rings. The molecular weight excluding hydrogens is 254 g/mol. The summed E-state index contributed by atoms with van der Waals surface area (Å²) in [7, 11) is 0. The van der Waals surface area contributed by atoms with Gasteiger partial charge < -0.3 is 10.2 Å². The molecule has 3 nitrogen and oxygen atoms in total. The zero-order valence-electron chi connectivity index (χ0n) is 12.3. The minimum Gasteiger partial charge on any atom is -0.348 e. The zero-order valence-corrected chi connectivity index (χ0v) is 13.1. The second-order valence-electron chi connectivity index (χ2n) is 5.90. The molecule has 4 heteroatoms. The van der Waals surface area contributed by atoms with Crippen LogP contribution < -0.4 is 10.2 Å². The first-order valence-electron chi connectivity index (χ1n) is 7.66. The van der Waals surface area contributed by atoms with Crippen LogP contribution in [0.15, 0.2) is 5.38 Å². The Bertz CT molecular complexity index is 354. The number of aromatic nitrogens is 1. The maximum atomic E-state index is 4.78. The molecule has 19 heavy (non-hydrogen) atoms. The van der Waals surface area contributed by atoms with Gasteiger partial charge in [0.15, 0.2) is 5.13 Å². The molecule has 1 aliphatic rings. The molecule has 0 bridgehead atoms. The molecule has 0 atom stereocenters. The molecule has 0 aliphatic carbocycles. The Balaban J connectivity index is 1.84. The lowest BCUT2D eigenvalue weighted by Crippen LogP contribution is -2.27. The van der Waals surface area contributed by atoms with Gasteiger partial charge in [-0.25, -0.2) is 4.98 Å². The van der Waals surface area contributed by atoms with Crippen molar-refractivity contribution in [1.29, 1.82) is 0 Å². The number of thiazole rings is 1. The Labute approximate surface area is 121 Å². The first-order chi connectivity index (χ1) is 9.25. The van der Waals surface area contributed by atoms with Crippen molar-refractivity contribution in [2.45, 2.75) is 52.5 Å². The third-order valence-corrected chi connectivity index (χ3v) is 4.48. The van der Waals surface area contributed by atoms with Crippen LogP contribution in [0.2, 0.25) is 0 Å². The van der Waals surface area contributed by atoms with Crippen LogP contribution in [0.3, 0.4) is 0 Å². The van der Waals surface area contributed by atoms with Gasteiger partial charge in [-0.15, -0.1) is 11.3 Å². The van der Waals surface area contributed by atoms with Crippen LogP contribution in [0.4, 0.5) is 5.13 Å². The molecular formula is C15H27N3S. The summed E-state index contributed by atoms with van der Waals surface area (Å²) >= 11 is 1.81. The molecule has 1 aromatic heterocycles. The summed E-state index contributed by atoms with van der Waals surface area (Å²) < 4.78 is 0. The summed E-state index contributed by atoms with van der Waals surface area (Å²) in [4.78, 5) is 7.27. The molecule has 2 rings (SSSR count). The minimum atomic E-state index is 0.701. The van der Waals surface area contributed by atoms with Gasteiger partial charge in [-0.3, -0.25) is 0 Å². The lowest BCUT2D eigenvalue weighted by molar-refractivity contribution is 0.546. The highest BCUT2D eigenvalue weighted by Gasteiger charge is 2.12. The Hall–Kier alpha value is -0.610. The normalized spacial score (nSPS) is 17.5. The standard InChI is InChI=1S/C15H27N3S/c1-13(2)10-16-11-14-12-19-15(17-14)18-8-6-4-3-5-7-9-18/h12-13,16H,3-11H2,1-2H3. The van der Waals surface area contributed by atoms with E-state index in [1.54, 1.807) is 11.3 Å². The van der Waals surface area contributed by atoms with E-state index in [1.165, 1.54) is 56.0 Å². The summed E-state index contributed by atoms with van der Waals surface area (Å²) in [5.41, 5.74) is 1.20. The van der Waals surface area contributed by atoms with Gasteiger partial charge in [0.2, 0.25) is 0 Å². The zero-order chi connectivity index (χ0) is 13.5. The second-order valence-corrected chi connectivity index (χ2v) is 6.74. The fraction of sp³-hybridized carbons (Fsp3) is 0.800. The van der Waals surface area contributed by atoms with E-state index < -0.39 is 0 Å². The van der Waals surface area contributed by atoms with Crippen LogP contribution in [0.5, 0.6) is 0 Å². The molecule has 0 spiro atoms. The lowest BCUT2D eigenvalue weighted by Gasteiger charge is -2.23. The molecule has 0 saturated carbocycles. The largest absolute Gasteiger partial charge is 0.348 e. The molecule has 1 fully saturated rings. The van der Waals surface area contributed by atoms with Crippen molar-refractivity contribution in [3.05, 3.63) is 11.1 Å². The highest BCUT2D eigenvalue weighted by atomic mass is 32.1. The van der Waals surface area contributed by atoms with Crippen molar-refractivity contribution >= 4 is 16.5 Å². The van der Waals surface area contributed by atoms with Gasteiger partial charge >= 0.3 is 0 Å². The van der Waals surface area contributed by atoms with E-state index in [0.717, 1.165) is 13.1 Å². The monoisotopic (exact) mass is 281 g/mol. The summed E-state index contributed by atoms with van der Waals surface area (Å²) in [6, 6.07) is 0. The van der Waals surface area contributed by atoms with E-state index in [-0.39, 0.29) is 0 Å². The summed E-state index contributed by atoms with van der Waals surface area (Å²) in [6.07, 6.45) is 6.81. The molecule has 1 N–H and O–H groups in total. The van der Waals surface area contributed by atoms with Crippen LogP contribution in [-0.4, -0.2) is 24.6 Å². The maximum Gasteiger partial charge on any atom is 0.185 e. The molecule has 0 amide bonds. The van der Waals surface area contributed by atoms with Gasteiger partial charge in [-0.1, -0.05) is 33.1 Å². The third kappa shape index (κ3) is 5.11. The van der Waals surface area contributed by atoms with E-state index in [9.17, 15) is 0 Å². The van der Waals surface area contributed by atoms with Crippen LogP contribution in [0.25, 0.3) is 0 Å². The van der Waals surface area contributed by atoms with Crippen molar-refractivity contribution in [2.24, 2.45) is 5.92 Å². The second kappa shape index (κ2) is 7.85. The Kier molecular flexibility index (Phi) is 6.11. The third-order valence-electron chi connectivity index (χ3n) is 3.52. The molecule has 2 heterocycles. The summed E-state index contributed by atoms with van der Waals surface area (Å²) in [6.45, 7) is 8.82. The molecule has 0 unspecified atom stereocenters. The van der Waals surface area contributed by atoms with Crippen molar-refractivity contribution in [2.75, 3.05) is 24.5 Å². The molecule has 1 saturated heterocycles. The summed E-state index contributed by atoms with van der Waals surface area (Å²) in [5.74, 6) is 0.701. The van der Waals surface area contributed by atoms with Crippen molar-refractivity contribution in [1.82, 2.24) is 10.3 Å². The first kappa shape index (κ1) is 14.8. The van der Waals surface area contributed by atoms with E-state index >= 15 is 0 Å². The van der Waals surface area contributed by atoms with Gasteiger partial charge in [0.05, 0.1) is 5.69 Å². The van der Waals surface area contributed by atoms with E-state index in [0.29, 0.717) is 5.92 Å². The van der Waals surface area contributed by atoms with Crippen LogP contribution in [-0.2, 0) is 6.54 Å². The average Bonchev–Trinajstić information content (AvgIpc) is 2.76. The SMILES string of the molecule is CC(C)CNCc1csc(N2CCCCCCC2)n1. The van der Waals surface area contributed by atoms with Gasteiger partial charge in [0.25, 0.3) is 0 Å². The Morgan fingerprint density at radius 2 is 1.89 bits per heavy atom. The summed E-state index contributed by atoms with van der Waals surface area (Å²) in [5, 5.41) is 6.90. The van der Waals surface area contributed by atoms with Crippen LogP contribution in [0, 0.1) is 5.92 Å². The van der Waals surface area contributed by atoms with Crippen molar-refractivity contribution in [3.8, 4) is 0 Å². The predicted octanol–water partition coefficient (Wildman–Crippen LogP) is 3.66. The number of anilines is 1. The van der Waals surface area contributed by atoms with Crippen molar-refractivity contribution in [3.63, 3.8) is 0 Å². The quantitative estimate of drug-likeness (QED) is 0.893. The Morgan fingerprint density at radius 1 is 1.21 bits per heavy atom. The van der Waals surface area contributed by atoms with E-state index in [1.807, 2.05) is 0 Å². The number of hydrogen-bond donors (Lipinski definition) is 1. The smallest absolute Gasteiger partial charge is 0.185 e. The molecule has 1 aliphatic heterocycles. The predicted molar refractivity (Wildman–Crippen MR) is 84.0 cm³/mol. The van der Waals surface area contributed by atoms with E-state index in [4.69, 9.17) is 4.98 Å². The minimum absolute atomic E-state index is 0.701. The highest BCUT2D eigenvalue weighted by molar-refractivity contribution is 7.13. The lowest BCUT2D eigenvalue weighted by atomic mass is 10.1. The maximum absolute atomic E-state index is 4.78. The molecule has 0 radical (unpaired) electrons. The van der Waals surface area contributed by atoms with Crippen LogP contribution in [0.1, 0.15) is 51.6 Å². The highest BCUT2D eigenvalue weighted by Crippen LogP contribution is 2.23. The van der Waals surface area contributed by atoms with Gasteiger partial charge in [-0.05, 0) is 25.3 Å². The topological polar surface area (TPSA) is 28.2 Å². The number of hydrogen-bond acceptors (Lipinski definition) is 4. The van der Waals surface area contributed by atoms with Crippen molar-refractivity contribution < 1.29 is 0 Å². The number of nitrogens with one attached hydrogen (secondary N) is 1. The fourth-order valence-electron chi connectivity index (χ4n) is 2.45. The first-order valence-corrected chi connectivity index (χ1v) is 8.54. The van der Waals surface area contributed by atoms with Gasteiger partial charge in [-0.2, -0.15) is 0 Å². The van der Waals surface area contributed by atoms with Gasteiger partial charge in [0, 0.05) is 25.0 Å². The number of rotatable bonds is 5. The van der Waals surface area contributed by atoms with Gasteiger partial charge in [0.1, 0.15) is 0 Å². The van der Waals surface area contributed by atoms with Crippen LogP contribution >= 0.6 is 11.3 Å². The molecule has 0 aromatic carbocycles. The average molecular weight is 281 g/mol.